The van der Waals surface area contributed by atoms with E-state index in [1.165, 1.54) is 44.9 Å². The van der Waals surface area contributed by atoms with Gasteiger partial charge in [0.25, 0.3) is 0 Å². The van der Waals surface area contributed by atoms with Crippen molar-refractivity contribution < 1.29 is 17.2 Å². The molecule has 18 heavy (non-hydrogen) atoms. The van der Waals surface area contributed by atoms with Crippen molar-refractivity contribution in [3.05, 3.63) is 0 Å². The van der Waals surface area contributed by atoms with Gasteiger partial charge in [-0.3, -0.25) is 4.18 Å². The first-order valence-corrected chi connectivity index (χ1v) is 8.39. The molecule has 0 radical (unpaired) electrons. The van der Waals surface area contributed by atoms with E-state index in [2.05, 4.69) is 18.0 Å². The fourth-order valence-corrected chi connectivity index (χ4v) is 2.25. The first kappa shape index (κ1) is 17.9. The maximum atomic E-state index is 10.2. The summed E-state index contributed by atoms with van der Waals surface area (Å²) in [4.78, 5) is 0. The Labute approximate surface area is 112 Å². The van der Waals surface area contributed by atoms with Crippen molar-refractivity contribution in [1.82, 2.24) is 0 Å². The number of hydrogen-bond donors (Lipinski definition) is 0. The van der Waals surface area contributed by atoms with Crippen LogP contribution in [0.15, 0.2) is 0 Å². The summed E-state index contributed by atoms with van der Waals surface area (Å²) in [6.07, 6.45) is 10.7. The number of unbranched alkanes of at least 4 members (excludes halogenated alkanes) is 6. The van der Waals surface area contributed by atoms with E-state index in [-0.39, 0.29) is 6.61 Å². The molecule has 0 aliphatic rings. The lowest BCUT2D eigenvalue weighted by Crippen LogP contribution is -2.08. The third-order valence-electron chi connectivity index (χ3n) is 3.14. The largest absolute Gasteiger partial charge is 0.726 e. The summed E-state index contributed by atoms with van der Waals surface area (Å²) < 4.78 is 34.8. The quantitative estimate of drug-likeness (QED) is 0.311. The molecule has 4 nitrogen and oxygen atoms in total. The second-order valence-corrected chi connectivity index (χ2v) is 6.09. The molecule has 0 aliphatic carbocycles. The molecule has 0 bridgehead atoms. The SMILES string of the molecule is CCCCCCCCCC(C)CCOS(=O)(=O)[O-]. The molecule has 5 heteroatoms. The van der Waals surface area contributed by atoms with Crippen LogP contribution in [0.4, 0.5) is 0 Å². The normalized spacial score (nSPS) is 13.7. The van der Waals surface area contributed by atoms with E-state index in [1.54, 1.807) is 0 Å². The van der Waals surface area contributed by atoms with Crippen molar-refractivity contribution in [2.45, 2.75) is 71.6 Å². The van der Waals surface area contributed by atoms with Crippen LogP contribution in [0.5, 0.6) is 0 Å². The lowest BCUT2D eigenvalue weighted by Gasteiger charge is -2.12. The summed E-state index contributed by atoms with van der Waals surface area (Å²) in [7, 11) is -4.51. The van der Waals surface area contributed by atoms with Crippen LogP contribution < -0.4 is 0 Å². The standard InChI is InChI=1S/C13H28O4S/c1-3-4-5-6-7-8-9-10-13(2)11-12-17-18(14,15)16/h13H,3-12H2,1-2H3,(H,14,15,16)/p-1. The highest BCUT2D eigenvalue weighted by Gasteiger charge is 2.03. The van der Waals surface area contributed by atoms with E-state index < -0.39 is 10.4 Å². The minimum absolute atomic E-state index is 0.0174. The summed E-state index contributed by atoms with van der Waals surface area (Å²) >= 11 is 0. The highest BCUT2D eigenvalue weighted by Crippen LogP contribution is 2.15. The van der Waals surface area contributed by atoms with Gasteiger partial charge in [-0.15, -0.1) is 0 Å². The topological polar surface area (TPSA) is 66.4 Å². The molecular weight excluding hydrogens is 252 g/mol. The molecule has 0 aliphatic heterocycles. The van der Waals surface area contributed by atoms with Gasteiger partial charge in [0.1, 0.15) is 0 Å². The molecular formula is C13H27O4S-. The molecule has 0 rings (SSSR count). The Hall–Kier alpha value is -0.130. The molecule has 1 unspecified atom stereocenters. The Morgan fingerprint density at radius 1 is 1.00 bits per heavy atom. The molecule has 0 saturated carbocycles. The van der Waals surface area contributed by atoms with Gasteiger partial charge in [0, 0.05) is 0 Å². The van der Waals surface area contributed by atoms with Crippen LogP contribution in [0.2, 0.25) is 0 Å². The van der Waals surface area contributed by atoms with Crippen LogP contribution in [0.25, 0.3) is 0 Å². The molecule has 0 saturated heterocycles. The molecule has 1 atom stereocenters. The molecule has 110 valence electrons. The van der Waals surface area contributed by atoms with Crippen molar-refractivity contribution in [3.8, 4) is 0 Å². The fraction of sp³-hybridized carbons (Fsp3) is 1.00. The van der Waals surface area contributed by atoms with Crippen molar-refractivity contribution in [2.75, 3.05) is 6.61 Å². The van der Waals surface area contributed by atoms with E-state index in [1.807, 2.05) is 0 Å². The molecule has 0 aromatic heterocycles. The maximum absolute atomic E-state index is 10.2. The molecule has 0 spiro atoms. The Morgan fingerprint density at radius 2 is 1.56 bits per heavy atom. The summed E-state index contributed by atoms with van der Waals surface area (Å²) in [5, 5.41) is 0. The van der Waals surface area contributed by atoms with Gasteiger partial charge in [0.05, 0.1) is 6.61 Å². The van der Waals surface area contributed by atoms with Crippen LogP contribution in [-0.4, -0.2) is 19.6 Å². The van der Waals surface area contributed by atoms with E-state index in [9.17, 15) is 13.0 Å². The molecule has 0 aromatic carbocycles. The first-order valence-electron chi connectivity index (χ1n) is 7.06. The van der Waals surface area contributed by atoms with Gasteiger partial charge in [-0.05, 0) is 12.3 Å². The lowest BCUT2D eigenvalue weighted by atomic mass is 9.99. The number of rotatable bonds is 12. The van der Waals surface area contributed by atoms with Crippen LogP contribution in [-0.2, 0) is 14.6 Å². The Kier molecular flexibility index (Phi) is 10.7. The van der Waals surface area contributed by atoms with E-state index in [0.29, 0.717) is 12.3 Å². The molecule has 0 amide bonds. The molecule has 0 fully saturated rings. The number of hydrogen-bond acceptors (Lipinski definition) is 4. The van der Waals surface area contributed by atoms with Gasteiger partial charge in [-0.1, -0.05) is 65.2 Å². The maximum Gasteiger partial charge on any atom is 0.217 e. The first-order chi connectivity index (χ1) is 8.45. The summed E-state index contributed by atoms with van der Waals surface area (Å²) in [6, 6.07) is 0. The highest BCUT2D eigenvalue weighted by molar-refractivity contribution is 7.80. The second kappa shape index (κ2) is 10.8. The molecule has 0 heterocycles. The van der Waals surface area contributed by atoms with Crippen molar-refractivity contribution in [2.24, 2.45) is 5.92 Å². The average molecular weight is 279 g/mol. The van der Waals surface area contributed by atoms with Gasteiger partial charge in [0.15, 0.2) is 0 Å². The third-order valence-corrected chi connectivity index (χ3v) is 3.59. The summed E-state index contributed by atoms with van der Waals surface area (Å²) in [5.74, 6) is 0.419. The average Bonchev–Trinajstić information content (AvgIpc) is 2.26. The minimum atomic E-state index is -4.51. The second-order valence-electron chi connectivity index (χ2n) is 5.03. The highest BCUT2D eigenvalue weighted by atomic mass is 32.3. The molecule has 0 N–H and O–H groups in total. The van der Waals surface area contributed by atoms with E-state index in [4.69, 9.17) is 0 Å². The van der Waals surface area contributed by atoms with Crippen molar-refractivity contribution in [3.63, 3.8) is 0 Å². The zero-order valence-corrected chi connectivity index (χ0v) is 12.5. The zero-order chi connectivity index (χ0) is 13.9. The van der Waals surface area contributed by atoms with E-state index >= 15 is 0 Å². The lowest BCUT2D eigenvalue weighted by molar-refractivity contribution is 0.239. The van der Waals surface area contributed by atoms with Crippen LogP contribution in [0, 0.1) is 5.92 Å². The van der Waals surface area contributed by atoms with Crippen LogP contribution in [0.3, 0.4) is 0 Å². The monoisotopic (exact) mass is 279 g/mol. The third kappa shape index (κ3) is 13.9. The van der Waals surface area contributed by atoms with E-state index in [0.717, 1.165) is 6.42 Å². The minimum Gasteiger partial charge on any atom is -0.726 e. The van der Waals surface area contributed by atoms with Gasteiger partial charge in [0.2, 0.25) is 10.4 Å². The van der Waals surface area contributed by atoms with Crippen LogP contribution in [0.1, 0.15) is 71.6 Å². The Balaban J connectivity index is 3.29. The Morgan fingerprint density at radius 3 is 2.11 bits per heavy atom. The predicted octanol–water partition coefficient (Wildman–Crippen LogP) is 3.63. The van der Waals surface area contributed by atoms with Crippen molar-refractivity contribution in [1.29, 1.82) is 0 Å². The zero-order valence-electron chi connectivity index (χ0n) is 11.7. The Bertz CT molecular complexity index is 275. The van der Waals surface area contributed by atoms with Crippen LogP contribution >= 0.6 is 0 Å². The van der Waals surface area contributed by atoms with Gasteiger partial charge >= 0.3 is 0 Å². The van der Waals surface area contributed by atoms with Gasteiger partial charge in [-0.25, -0.2) is 8.42 Å². The fourth-order valence-electron chi connectivity index (χ4n) is 1.95. The predicted molar refractivity (Wildman–Crippen MR) is 72.0 cm³/mol. The molecule has 0 aromatic rings. The summed E-state index contributed by atoms with van der Waals surface area (Å²) in [5.41, 5.74) is 0. The smallest absolute Gasteiger partial charge is 0.217 e. The summed E-state index contributed by atoms with van der Waals surface area (Å²) in [6.45, 7) is 4.30. The van der Waals surface area contributed by atoms with Gasteiger partial charge in [-0.2, -0.15) is 0 Å². The van der Waals surface area contributed by atoms with Crippen molar-refractivity contribution >= 4 is 10.4 Å². The van der Waals surface area contributed by atoms with Gasteiger partial charge < -0.3 is 4.55 Å².